The average Bonchev–Trinajstić information content (AvgIpc) is 2.89. The standard InChI is InChI=1S/C12H22N2OS/c1-8(7-16-3)14(2)12(15)10-6-9-4-5-11(10)13-9/h8-11,13H,4-7H2,1-3H3. The number of nitrogens with zero attached hydrogens (tertiary/aromatic N) is 1. The molecule has 2 aliphatic heterocycles. The Bertz CT molecular complexity index is 272. The average molecular weight is 242 g/mol. The molecule has 2 bridgehead atoms. The lowest BCUT2D eigenvalue weighted by Gasteiger charge is -2.30. The van der Waals surface area contributed by atoms with Crippen molar-refractivity contribution in [2.24, 2.45) is 5.92 Å². The Morgan fingerprint density at radius 1 is 1.56 bits per heavy atom. The van der Waals surface area contributed by atoms with Crippen LogP contribution in [0.1, 0.15) is 26.2 Å². The van der Waals surface area contributed by atoms with Gasteiger partial charge in [-0.25, -0.2) is 0 Å². The van der Waals surface area contributed by atoms with E-state index in [9.17, 15) is 4.79 Å². The number of hydrogen-bond acceptors (Lipinski definition) is 3. The Morgan fingerprint density at radius 2 is 2.31 bits per heavy atom. The smallest absolute Gasteiger partial charge is 0.227 e. The molecule has 1 amide bonds. The van der Waals surface area contributed by atoms with E-state index in [1.165, 1.54) is 12.8 Å². The lowest BCUT2D eigenvalue weighted by atomic mass is 9.88. The number of fused-ring (bicyclic) bond motifs is 2. The third kappa shape index (κ3) is 2.23. The SMILES string of the molecule is CSCC(C)N(C)C(=O)C1CC2CCC1N2. The van der Waals surface area contributed by atoms with Gasteiger partial charge in [0, 0.05) is 30.9 Å². The molecule has 92 valence electrons. The summed E-state index contributed by atoms with van der Waals surface area (Å²) in [6.07, 6.45) is 5.60. The van der Waals surface area contributed by atoms with Crippen LogP contribution in [-0.2, 0) is 4.79 Å². The highest BCUT2D eigenvalue weighted by molar-refractivity contribution is 7.98. The van der Waals surface area contributed by atoms with Gasteiger partial charge in [-0.05, 0) is 32.4 Å². The van der Waals surface area contributed by atoms with Crippen LogP contribution in [0.15, 0.2) is 0 Å². The summed E-state index contributed by atoms with van der Waals surface area (Å²) >= 11 is 1.80. The molecule has 0 aromatic heterocycles. The van der Waals surface area contributed by atoms with Crippen molar-refractivity contribution < 1.29 is 4.79 Å². The number of hydrogen-bond donors (Lipinski definition) is 1. The molecule has 4 atom stereocenters. The van der Waals surface area contributed by atoms with Crippen molar-refractivity contribution in [2.45, 2.75) is 44.3 Å². The highest BCUT2D eigenvalue weighted by atomic mass is 32.2. The van der Waals surface area contributed by atoms with E-state index in [1.807, 2.05) is 11.9 Å². The number of carbonyl (C=O) groups excluding carboxylic acids is 1. The maximum atomic E-state index is 12.3. The zero-order valence-corrected chi connectivity index (χ0v) is 11.2. The van der Waals surface area contributed by atoms with Crippen LogP contribution in [0.25, 0.3) is 0 Å². The van der Waals surface area contributed by atoms with Crippen LogP contribution in [-0.4, -0.2) is 48.0 Å². The maximum absolute atomic E-state index is 12.3. The summed E-state index contributed by atoms with van der Waals surface area (Å²) in [5, 5.41) is 3.53. The van der Waals surface area contributed by atoms with Gasteiger partial charge in [-0.1, -0.05) is 0 Å². The van der Waals surface area contributed by atoms with Crippen molar-refractivity contribution in [1.29, 1.82) is 0 Å². The molecule has 0 aromatic carbocycles. The number of nitrogens with one attached hydrogen (secondary N) is 1. The molecule has 2 rings (SSSR count). The zero-order valence-electron chi connectivity index (χ0n) is 10.4. The lowest BCUT2D eigenvalue weighted by Crippen LogP contribution is -2.43. The summed E-state index contributed by atoms with van der Waals surface area (Å²) in [4.78, 5) is 14.3. The van der Waals surface area contributed by atoms with Crippen molar-refractivity contribution in [3.63, 3.8) is 0 Å². The van der Waals surface area contributed by atoms with E-state index in [4.69, 9.17) is 0 Å². The van der Waals surface area contributed by atoms with Crippen molar-refractivity contribution in [3.8, 4) is 0 Å². The van der Waals surface area contributed by atoms with Gasteiger partial charge in [0.1, 0.15) is 0 Å². The quantitative estimate of drug-likeness (QED) is 0.807. The second kappa shape index (κ2) is 4.96. The molecule has 2 saturated heterocycles. The predicted molar refractivity (Wildman–Crippen MR) is 68.7 cm³/mol. The molecule has 1 N–H and O–H groups in total. The van der Waals surface area contributed by atoms with E-state index >= 15 is 0 Å². The van der Waals surface area contributed by atoms with Gasteiger partial charge < -0.3 is 10.2 Å². The number of amides is 1. The van der Waals surface area contributed by atoms with Gasteiger partial charge in [0.25, 0.3) is 0 Å². The van der Waals surface area contributed by atoms with Gasteiger partial charge in [-0.3, -0.25) is 4.79 Å². The van der Waals surface area contributed by atoms with Crippen LogP contribution in [0.3, 0.4) is 0 Å². The first-order chi connectivity index (χ1) is 7.63. The summed E-state index contributed by atoms with van der Waals surface area (Å²) < 4.78 is 0. The summed E-state index contributed by atoms with van der Waals surface area (Å²) in [6.45, 7) is 2.13. The van der Waals surface area contributed by atoms with Crippen LogP contribution in [0.4, 0.5) is 0 Å². The Labute approximate surface area is 102 Å². The van der Waals surface area contributed by atoms with Gasteiger partial charge in [0.2, 0.25) is 5.91 Å². The monoisotopic (exact) mass is 242 g/mol. The Balaban J connectivity index is 1.92. The molecule has 16 heavy (non-hydrogen) atoms. The minimum Gasteiger partial charge on any atom is -0.342 e. The third-order valence-corrected chi connectivity index (χ3v) is 4.85. The lowest BCUT2D eigenvalue weighted by molar-refractivity contribution is -0.136. The summed E-state index contributed by atoms with van der Waals surface area (Å²) in [6, 6.07) is 1.42. The molecule has 0 aromatic rings. The van der Waals surface area contributed by atoms with Crippen molar-refractivity contribution >= 4 is 17.7 Å². The molecule has 0 aliphatic carbocycles. The minimum atomic E-state index is 0.244. The topological polar surface area (TPSA) is 32.3 Å². The van der Waals surface area contributed by atoms with E-state index in [-0.39, 0.29) is 5.92 Å². The molecule has 4 heteroatoms. The normalized spacial score (nSPS) is 34.1. The number of rotatable bonds is 4. The van der Waals surface area contributed by atoms with Gasteiger partial charge in [-0.15, -0.1) is 0 Å². The summed E-state index contributed by atoms with van der Waals surface area (Å²) in [5.41, 5.74) is 0. The van der Waals surface area contributed by atoms with Crippen LogP contribution >= 0.6 is 11.8 Å². The molecule has 0 spiro atoms. The molecule has 2 heterocycles. The van der Waals surface area contributed by atoms with Crippen LogP contribution in [0, 0.1) is 5.92 Å². The largest absolute Gasteiger partial charge is 0.342 e. The van der Waals surface area contributed by atoms with E-state index in [1.54, 1.807) is 11.8 Å². The minimum absolute atomic E-state index is 0.244. The van der Waals surface area contributed by atoms with Gasteiger partial charge in [-0.2, -0.15) is 11.8 Å². The Kier molecular flexibility index (Phi) is 3.80. The zero-order chi connectivity index (χ0) is 11.7. The highest BCUT2D eigenvalue weighted by Gasteiger charge is 2.43. The fourth-order valence-electron chi connectivity index (χ4n) is 2.93. The van der Waals surface area contributed by atoms with E-state index < -0.39 is 0 Å². The van der Waals surface area contributed by atoms with Crippen LogP contribution in [0.5, 0.6) is 0 Å². The molecular weight excluding hydrogens is 220 g/mol. The van der Waals surface area contributed by atoms with Crippen LogP contribution < -0.4 is 5.32 Å². The number of carbonyl (C=O) groups is 1. The van der Waals surface area contributed by atoms with Crippen LogP contribution in [0.2, 0.25) is 0 Å². The fourth-order valence-corrected chi connectivity index (χ4v) is 3.63. The van der Waals surface area contributed by atoms with Gasteiger partial charge >= 0.3 is 0 Å². The first-order valence-electron chi connectivity index (χ1n) is 6.15. The second-order valence-corrected chi connectivity index (χ2v) is 6.05. The van der Waals surface area contributed by atoms with E-state index in [0.717, 1.165) is 12.2 Å². The first kappa shape index (κ1) is 12.2. The van der Waals surface area contributed by atoms with Crippen molar-refractivity contribution in [2.75, 3.05) is 19.1 Å². The molecule has 3 nitrogen and oxygen atoms in total. The molecule has 0 radical (unpaired) electrons. The fraction of sp³-hybridized carbons (Fsp3) is 0.917. The maximum Gasteiger partial charge on any atom is 0.227 e. The molecule has 2 fully saturated rings. The first-order valence-corrected chi connectivity index (χ1v) is 7.54. The van der Waals surface area contributed by atoms with Crippen molar-refractivity contribution in [1.82, 2.24) is 10.2 Å². The molecule has 4 unspecified atom stereocenters. The van der Waals surface area contributed by atoms with Gasteiger partial charge in [0.05, 0.1) is 5.92 Å². The molecule has 2 aliphatic rings. The summed E-state index contributed by atoms with van der Waals surface area (Å²) in [7, 11) is 1.95. The van der Waals surface area contributed by atoms with Crippen molar-refractivity contribution in [3.05, 3.63) is 0 Å². The highest BCUT2D eigenvalue weighted by Crippen LogP contribution is 2.34. The van der Waals surface area contributed by atoms with Gasteiger partial charge in [0.15, 0.2) is 0 Å². The Hall–Kier alpha value is -0.220. The van der Waals surface area contributed by atoms with E-state index in [2.05, 4.69) is 18.5 Å². The second-order valence-electron chi connectivity index (χ2n) is 5.14. The molecule has 0 saturated carbocycles. The summed E-state index contributed by atoms with van der Waals surface area (Å²) in [5.74, 6) is 1.62. The Morgan fingerprint density at radius 3 is 2.81 bits per heavy atom. The molecular formula is C12H22N2OS. The van der Waals surface area contributed by atoms with E-state index in [0.29, 0.717) is 24.0 Å². The predicted octanol–water partition coefficient (Wildman–Crippen LogP) is 1.34. The number of thioether (sulfide) groups is 1. The third-order valence-electron chi connectivity index (χ3n) is 4.03.